The number of carbonyl (C=O) groups excluding carboxylic acids is 1. The first-order valence-corrected chi connectivity index (χ1v) is 6.63. The van der Waals surface area contributed by atoms with Crippen LogP contribution in [0.4, 0.5) is 10.5 Å². The molecule has 0 saturated heterocycles. The van der Waals surface area contributed by atoms with Crippen molar-refractivity contribution in [3.63, 3.8) is 0 Å². The maximum atomic E-state index is 11.7. The van der Waals surface area contributed by atoms with Gasteiger partial charge in [0, 0.05) is 5.69 Å². The van der Waals surface area contributed by atoms with Crippen LogP contribution in [0.5, 0.6) is 0 Å². The Balaban J connectivity index is 2.91. The summed E-state index contributed by atoms with van der Waals surface area (Å²) in [4.78, 5) is 33.6. The van der Waals surface area contributed by atoms with Gasteiger partial charge in [-0.15, -0.1) is 0 Å². The Hall–Kier alpha value is -2.57. The molecule has 1 aromatic carbocycles. The van der Waals surface area contributed by atoms with Gasteiger partial charge in [0.1, 0.15) is 5.60 Å². The number of benzene rings is 1. The van der Waals surface area contributed by atoms with Crippen molar-refractivity contribution in [2.75, 3.05) is 5.32 Å². The van der Waals surface area contributed by atoms with Crippen molar-refractivity contribution < 1.29 is 29.3 Å². The van der Waals surface area contributed by atoms with Crippen molar-refractivity contribution in [1.29, 1.82) is 0 Å². The van der Waals surface area contributed by atoms with E-state index in [4.69, 9.17) is 14.9 Å². The third-order valence-electron chi connectivity index (χ3n) is 2.61. The molecule has 1 unspecified atom stereocenters. The van der Waals surface area contributed by atoms with Gasteiger partial charge in [0.2, 0.25) is 0 Å². The van der Waals surface area contributed by atoms with Gasteiger partial charge in [0.15, 0.2) is 0 Å². The largest absolute Gasteiger partial charge is 0.481 e. The number of hydrogen-bond donors (Lipinski definition) is 3. The molecule has 0 aliphatic carbocycles. The van der Waals surface area contributed by atoms with Gasteiger partial charge in [-0.05, 0) is 38.5 Å². The number of rotatable bonds is 5. The van der Waals surface area contributed by atoms with Gasteiger partial charge < -0.3 is 14.9 Å². The molecule has 0 bridgehead atoms. The molecule has 120 valence electrons. The first-order valence-electron chi connectivity index (χ1n) is 6.63. The number of carboxylic acid groups (broad SMARTS) is 2. The number of hydrogen-bond acceptors (Lipinski definition) is 4. The second-order valence-electron chi connectivity index (χ2n) is 5.74. The lowest BCUT2D eigenvalue weighted by Crippen LogP contribution is -2.27. The fraction of sp³-hybridized carbons (Fsp3) is 0.400. The van der Waals surface area contributed by atoms with Gasteiger partial charge in [0.25, 0.3) is 0 Å². The molecular weight excluding hydrogens is 290 g/mol. The lowest BCUT2D eigenvalue weighted by Gasteiger charge is -2.20. The molecule has 7 heteroatoms. The summed E-state index contributed by atoms with van der Waals surface area (Å²) in [7, 11) is 0. The average molecular weight is 309 g/mol. The van der Waals surface area contributed by atoms with Crippen molar-refractivity contribution in [2.24, 2.45) is 0 Å². The molecule has 1 aromatic rings. The summed E-state index contributed by atoms with van der Waals surface area (Å²) < 4.78 is 5.09. The molecule has 0 fully saturated rings. The lowest BCUT2D eigenvalue weighted by atomic mass is 9.95. The second-order valence-corrected chi connectivity index (χ2v) is 5.74. The summed E-state index contributed by atoms with van der Waals surface area (Å²) in [6.07, 6.45) is -1.21. The van der Waals surface area contributed by atoms with Gasteiger partial charge in [-0.3, -0.25) is 14.9 Å². The molecule has 22 heavy (non-hydrogen) atoms. The molecule has 0 spiro atoms. The zero-order chi connectivity index (χ0) is 16.9. The maximum Gasteiger partial charge on any atom is 0.412 e. The molecule has 7 nitrogen and oxygen atoms in total. The highest BCUT2D eigenvalue weighted by molar-refractivity contribution is 5.86. The topological polar surface area (TPSA) is 113 Å². The van der Waals surface area contributed by atoms with Crippen LogP contribution in [0.3, 0.4) is 0 Å². The summed E-state index contributed by atoms with van der Waals surface area (Å²) in [6, 6.07) is 6.03. The van der Waals surface area contributed by atoms with Crippen LogP contribution in [0.1, 0.15) is 38.7 Å². The van der Waals surface area contributed by atoms with Crippen LogP contribution in [0.25, 0.3) is 0 Å². The van der Waals surface area contributed by atoms with Crippen LogP contribution in [0.2, 0.25) is 0 Å². The van der Waals surface area contributed by atoms with Gasteiger partial charge in [-0.25, -0.2) is 4.79 Å². The van der Waals surface area contributed by atoms with Crippen LogP contribution in [-0.2, 0) is 14.3 Å². The van der Waals surface area contributed by atoms with Gasteiger partial charge in [0.05, 0.1) is 12.3 Å². The Labute approximate surface area is 127 Å². The van der Waals surface area contributed by atoms with Crippen molar-refractivity contribution in [1.82, 2.24) is 0 Å². The molecular formula is C15H19NO6. The summed E-state index contributed by atoms with van der Waals surface area (Å²) in [5, 5.41) is 20.4. The third-order valence-corrected chi connectivity index (χ3v) is 2.61. The standard InChI is InChI=1S/C15H19NO6/c1-15(2,3)22-14(21)16-10-6-4-5-9(7-10)11(13(19)20)8-12(17)18/h4-7,11H,8H2,1-3H3,(H,16,21)(H,17,18)(H,19,20). The molecule has 1 atom stereocenters. The Morgan fingerprint density at radius 1 is 1.23 bits per heavy atom. The minimum Gasteiger partial charge on any atom is -0.481 e. The van der Waals surface area contributed by atoms with E-state index in [0.29, 0.717) is 11.3 Å². The Kier molecular flexibility index (Phi) is 5.50. The molecule has 0 heterocycles. The van der Waals surface area contributed by atoms with E-state index in [1.54, 1.807) is 32.9 Å². The van der Waals surface area contributed by atoms with Crippen LogP contribution < -0.4 is 5.32 Å². The van der Waals surface area contributed by atoms with Crippen molar-refractivity contribution in [2.45, 2.75) is 38.7 Å². The number of carboxylic acids is 2. The Bertz CT molecular complexity index is 576. The predicted octanol–water partition coefficient (Wildman–Crippen LogP) is 2.68. The predicted molar refractivity (Wildman–Crippen MR) is 78.9 cm³/mol. The van der Waals surface area contributed by atoms with Crippen LogP contribution in [-0.4, -0.2) is 33.8 Å². The fourth-order valence-corrected chi connectivity index (χ4v) is 1.78. The van der Waals surface area contributed by atoms with E-state index in [1.165, 1.54) is 12.1 Å². The van der Waals surface area contributed by atoms with E-state index in [-0.39, 0.29) is 0 Å². The SMILES string of the molecule is CC(C)(C)OC(=O)Nc1cccc(C(CC(=O)O)C(=O)O)c1. The highest BCUT2D eigenvalue weighted by atomic mass is 16.6. The second kappa shape index (κ2) is 6.93. The first kappa shape index (κ1) is 17.5. The monoisotopic (exact) mass is 309 g/mol. The number of aliphatic carboxylic acids is 2. The smallest absolute Gasteiger partial charge is 0.412 e. The zero-order valence-corrected chi connectivity index (χ0v) is 12.6. The molecule has 0 aliphatic rings. The molecule has 0 aliphatic heterocycles. The summed E-state index contributed by atoms with van der Waals surface area (Å²) in [5.74, 6) is -3.63. The lowest BCUT2D eigenvalue weighted by molar-refractivity contribution is -0.145. The van der Waals surface area contributed by atoms with E-state index >= 15 is 0 Å². The van der Waals surface area contributed by atoms with E-state index < -0.39 is 36.0 Å². The molecule has 1 rings (SSSR count). The minimum atomic E-state index is -1.24. The maximum absolute atomic E-state index is 11.7. The number of anilines is 1. The number of ether oxygens (including phenoxy) is 1. The van der Waals surface area contributed by atoms with E-state index in [1.807, 2.05) is 0 Å². The molecule has 1 amide bonds. The summed E-state index contributed by atoms with van der Waals surface area (Å²) in [6.45, 7) is 5.16. The van der Waals surface area contributed by atoms with Crippen molar-refractivity contribution in [3.8, 4) is 0 Å². The quantitative estimate of drug-likeness (QED) is 0.770. The summed E-state index contributed by atoms with van der Waals surface area (Å²) >= 11 is 0. The van der Waals surface area contributed by atoms with Gasteiger partial charge in [-0.2, -0.15) is 0 Å². The highest BCUT2D eigenvalue weighted by Gasteiger charge is 2.23. The van der Waals surface area contributed by atoms with Gasteiger partial charge in [-0.1, -0.05) is 12.1 Å². The van der Waals surface area contributed by atoms with E-state index in [9.17, 15) is 14.4 Å². The zero-order valence-electron chi connectivity index (χ0n) is 12.6. The summed E-state index contributed by atoms with van der Waals surface area (Å²) in [5.41, 5.74) is -0.0268. The van der Waals surface area contributed by atoms with E-state index in [2.05, 4.69) is 5.32 Å². The molecule has 0 saturated carbocycles. The van der Waals surface area contributed by atoms with Crippen LogP contribution >= 0.6 is 0 Å². The van der Waals surface area contributed by atoms with Crippen molar-refractivity contribution >= 4 is 23.7 Å². The normalized spacial score (nSPS) is 12.3. The first-order chi connectivity index (χ1) is 10.1. The van der Waals surface area contributed by atoms with Crippen LogP contribution in [0.15, 0.2) is 24.3 Å². The highest BCUT2D eigenvalue weighted by Crippen LogP contribution is 2.23. The minimum absolute atomic E-state index is 0.295. The van der Waals surface area contributed by atoms with Gasteiger partial charge >= 0.3 is 18.0 Å². The number of nitrogens with one attached hydrogen (secondary N) is 1. The number of amides is 1. The Morgan fingerprint density at radius 3 is 2.36 bits per heavy atom. The van der Waals surface area contributed by atoms with Crippen LogP contribution in [0, 0.1) is 0 Å². The molecule has 3 N–H and O–H groups in total. The van der Waals surface area contributed by atoms with E-state index in [0.717, 1.165) is 0 Å². The third kappa shape index (κ3) is 5.82. The average Bonchev–Trinajstić information content (AvgIpc) is 2.33. The molecule has 0 radical (unpaired) electrons. The Morgan fingerprint density at radius 2 is 1.86 bits per heavy atom. The number of carbonyl (C=O) groups is 3. The van der Waals surface area contributed by atoms with Crippen molar-refractivity contribution in [3.05, 3.63) is 29.8 Å². The molecule has 0 aromatic heterocycles. The fourth-order valence-electron chi connectivity index (χ4n) is 1.78.